The Kier molecular flexibility index (Phi) is 4.91. The number of hydrogen-bond donors (Lipinski definition) is 2. The van der Waals surface area contributed by atoms with Gasteiger partial charge in [0.05, 0.1) is 17.8 Å². The summed E-state index contributed by atoms with van der Waals surface area (Å²) >= 11 is 1.37. The Morgan fingerprint density at radius 3 is 2.93 bits per heavy atom. The molecule has 1 saturated carbocycles. The molecule has 2 atom stereocenters. The van der Waals surface area contributed by atoms with Crippen LogP contribution in [0.3, 0.4) is 0 Å². The number of aromatic nitrogens is 1. The summed E-state index contributed by atoms with van der Waals surface area (Å²) in [5, 5.41) is 5.00. The lowest BCUT2D eigenvalue weighted by Crippen LogP contribution is -2.40. The van der Waals surface area contributed by atoms with Gasteiger partial charge in [0.25, 0.3) is 5.91 Å². The Balaban J connectivity index is 1.68. The monoisotopic (exact) mass is 383 g/mol. The van der Waals surface area contributed by atoms with Crippen molar-refractivity contribution in [3.05, 3.63) is 29.1 Å². The maximum atomic E-state index is 12.9. The summed E-state index contributed by atoms with van der Waals surface area (Å²) in [7, 11) is 0. The van der Waals surface area contributed by atoms with Crippen molar-refractivity contribution in [1.82, 2.24) is 10.3 Å². The van der Waals surface area contributed by atoms with E-state index >= 15 is 0 Å². The van der Waals surface area contributed by atoms with E-state index < -0.39 is 0 Å². The van der Waals surface area contributed by atoms with Crippen molar-refractivity contribution in [2.45, 2.75) is 45.6 Å². The van der Waals surface area contributed by atoms with Crippen LogP contribution >= 0.6 is 11.3 Å². The zero-order valence-electron chi connectivity index (χ0n) is 15.7. The number of nitrogen functional groups attached to an aromatic ring is 1. The van der Waals surface area contributed by atoms with E-state index in [1.807, 2.05) is 31.2 Å². The van der Waals surface area contributed by atoms with Gasteiger partial charge in [-0.1, -0.05) is 19.8 Å². The van der Waals surface area contributed by atoms with Crippen LogP contribution in [0.1, 0.15) is 49.2 Å². The highest BCUT2D eigenvalue weighted by Gasteiger charge is 2.25. The van der Waals surface area contributed by atoms with Crippen molar-refractivity contribution < 1.29 is 9.53 Å². The third-order valence-electron chi connectivity index (χ3n) is 5.43. The van der Waals surface area contributed by atoms with Gasteiger partial charge in [0.1, 0.15) is 15.5 Å². The zero-order chi connectivity index (χ0) is 19.0. The molecule has 4 rings (SSSR count). The van der Waals surface area contributed by atoms with Crippen LogP contribution in [-0.4, -0.2) is 23.5 Å². The number of nitrogens with one attached hydrogen (secondary N) is 1. The molecule has 6 heteroatoms. The average molecular weight is 384 g/mol. The Labute approximate surface area is 162 Å². The first-order chi connectivity index (χ1) is 13.1. The van der Waals surface area contributed by atoms with E-state index in [-0.39, 0.29) is 11.9 Å². The van der Waals surface area contributed by atoms with Crippen LogP contribution in [-0.2, 0) is 0 Å². The largest absolute Gasteiger partial charge is 0.494 e. The summed E-state index contributed by atoms with van der Waals surface area (Å²) in [5.41, 5.74) is 7.74. The van der Waals surface area contributed by atoms with Gasteiger partial charge in [-0.05, 0) is 49.9 Å². The molecular formula is C21H25N3O2S. The predicted molar refractivity (Wildman–Crippen MR) is 112 cm³/mol. The number of hydrogen-bond acceptors (Lipinski definition) is 5. The van der Waals surface area contributed by atoms with E-state index in [2.05, 4.69) is 12.2 Å². The van der Waals surface area contributed by atoms with Crippen molar-refractivity contribution in [3.8, 4) is 5.75 Å². The van der Waals surface area contributed by atoms with E-state index in [9.17, 15) is 4.79 Å². The van der Waals surface area contributed by atoms with Gasteiger partial charge >= 0.3 is 0 Å². The minimum Gasteiger partial charge on any atom is -0.494 e. The summed E-state index contributed by atoms with van der Waals surface area (Å²) in [6.45, 7) is 4.79. The van der Waals surface area contributed by atoms with Gasteiger partial charge in [-0.15, -0.1) is 11.3 Å². The number of thiophene rings is 1. The second-order valence-electron chi connectivity index (χ2n) is 7.32. The van der Waals surface area contributed by atoms with Crippen LogP contribution in [0.15, 0.2) is 24.3 Å². The number of nitrogens with zero attached hydrogens (tertiary/aromatic N) is 1. The third kappa shape index (κ3) is 3.46. The van der Waals surface area contributed by atoms with Gasteiger partial charge in [0.15, 0.2) is 0 Å². The van der Waals surface area contributed by atoms with Crippen molar-refractivity contribution in [2.24, 2.45) is 5.92 Å². The van der Waals surface area contributed by atoms with Crippen LogP contribution in [0.4, 0.5) is 5.69 Å². The highest BCUT2D eigenvalue weighted by atomic mass is 32.1. The van der Waals surface area contributed by atoms with Crippen molar-refractivity contribution in [3.63, 3.8) is 0 Å². The standard InChI is InChI=1S/C21H25N3O2S/c1-3-26-14-8-9-17-13(10-14)11-15-18(22)19(27-21(15)24-17)20(25)23-16-7-5-4-6-12(16)2/h8-12,16H,3-7,22H2,1-2H3,(H,23,25)/t12-,16-/m1/s1. The first-order valence-corrected chi connectivity index (χ1v) is 10.4. The minimum atomic E-state index is -0.0756. The van der Waals surface area contributed by atoms with Crippen LogP contribution in [0, 0.1) is 5.92 Å². The molecule has 0 aliphatic heterocycles. The molecule has 1 aliphatic rings. The first-order valence-electron chi connectivity index (χ1n) is 9.63. The summed E-state index contributed by atoms with van der Waals surface area (Å²) in [4.78, 5) is 18.9. The van der Waals surface area contributed by atoms with Crippen molar-refractivity contribution in [1.29, 1.82) is 0 Å². The fourth-order valence-corrected chi connectivity index (χ4v) is 4.86. The molecule has 1 fully saturated rings. The summed E-state index contributed by atoms with van der Waals surface area (Å²) in [6.07, 6.45) is 4.63. The second-order valence-corrected chi connectivity index (χ2v) is 8.31. The Bertz CT molecular complexity index is 998. The smallest absolute Gasteiger partial charge is 0.263 e. The number of fused-ring (bicyclic) bond motifs is 2. The average Bonchev–Trinajstić information content (AvgIpc) is 2.98. The van der Waals surface area contributed by atoms with Crippen LogP contribution in [0.25, 0.3) is 21.1 Å². The number of carbonyl (C=O) groups excluding carboxylic acids is 1. The molecule has 27 heavy (non-hydrogen) atoms. The first kappa shape index (κ1) is 18.0. The van der Waals surface area contributed by atoms with Crippen molar-refractivity contribution in [2.75, 3.05) is 12.3 Å². The lowest BCUT2D eigenvalue weighted by Gasteiger charge is -2.29. The van der Waals surface area contributed by atoms with Crippen LogP contribution in [0.2, 0.25) is 0 Å². The normalized spacial score (nSPS) is 20.1. The Hall–Kier alpha value is -2.34. The lowest BCUT2D eigenvalue weighted by molar-refractivity contribution is 0.0915. The van der Waals surface area contributed by atoms with E-state index in [0.717, 1.165) is 33.3 Å². The molecule has 0 spiro atoms. The predicted octanol–water partition coefficient (Wildman–Crippen LogP) is 4.74. The number of nitrogens with two attached hydrogens (primary N) is 1. The highest BCUT2D eigenvalue weighted by molar-refractivity contribution is 7.21. The highest BCUT2D eigenvalue weighted by Crippen LogP contribution is 2.35. The maximum absolute atomic E-state index is 12.9. The summed E-state index contributed by atoms with van der Waals surface area (Å²) in [5.74, 6) is 1.24. The summed E-state index contributed by atoms with van der Waals surface area (Å²) < 4.78 is 5.57. The van der Waals surface area contributed by atoms with Gasteiger partial charge in [-0.25, -0.2) is 4.98 Å². The number of benzene rings is 1. The summed E-state index contributed by atoms with van der Waals surface area (Å²) in [6, 6.07) is 8.06. The lowest BCUT2D eigenvalue weighted by atomic mass is 9.86. The van der Waals surface area contributed by atoms with E-state index in [1.54, 1.807) is 0 Å². The van der Waals surface area contributed by atoms with E-state index in [4.69, 9.17) is 15.5 Å². The molecule has 0 radical (unpaired) electrons. The fraction of sp³-hybridized carbons (Fsp3) is 0.429. The molecule has 0 bridgehead atoms. The molecule has 2 heterocycles. The molecule has 1 aromatic carbocycles. The number of amides is 1. The number of ether oxygens (including phenoxy) is 1. The molecule has 3 aromatic rings. The van der Waals surface area contributed by atoms with Gasteiger partial charge in [0.2, 0.25) is 0 Å². The molecular weight excluding hydrogens is 358 g/mol. The van der Waals surface area contributed by atoms with E-state index in [0.29, 0.717) is 23.1 Å². The van der Waals surface area contributed by atoms with Crippen LogP contribution in [0.5, 0.6) is 5.75 Å². The SMILES string of the molecule is CCOc1ccc2nc3sc(C(=O)N[C@@H]4CCCC[C@H]4C)c(N)c3cc2c1. The number of anilines is 1. The molecule has 1 aliphatic carbocycles. The van der Waals surface area contributed by atoms with Crippen LogP contribution < -0.4 is 15.8 Å². The molecule has 142 valence electrons. The number of carbonyl (C=O) groups is 1. The van der Waals surface area contributed by atoms with Gasteiger partial charge in [-0.2, -0.15) is 0 Å². The topological polar surface area (TPSA) is 77.2 Å². The number of pyridine rings is 1. The second kappa shape index (κ2) is 7.35. The van der Waals surface area contributed by atoms with Gasteiger partial charge in [-0.3, -0.25) is 4.79 Å². The Morgan fingerprint density at radius 1 is 1.33 bits per heavy atom. The maximum Gasteiger partial charge on any atom is 0.263 e. The number of rotatable bonds is 4. The quantitative estimate of drug-likeness (QED) is 0.682. The molecule has 0 unspecified atom stereocenters. The molecule has 5 nitrogen and oxygen atoms in total. The molecule has 3 N–H and O–H groups in total. The Morgan fingerprint density at radius 2 is 2.15 bits per heavy atom. The van der Waals surface area contributed by atoms with E-state index in [1.165, 1.54) is 30.6 Å². The fourth-order valence-electron chi connectivity index (χ4n) is 3.87. The van der Waals surface area contributed by atoms with Crippen molar-refractivity contribution >= 4 is 44.1 Å². The van der Waals surface area contributed by atoms with Gasteiger partial charge in [0, 0.05) is 16.8 Å². The third-order valence-corrected chi connectivity index (χ3v) is 6.54. The zero-order valence-corrected chi connectivity index (χ0v) is 16.6. The van der Waals surface area contributed by atoms with Gasteiger partial charge < -0.3 is 15.8 Å². The molecule has 1 amide bonds. The molecule has 2 aromatic heterocycles. The minimum absolute atomic E-state index is 0.0756. The molecule has 0 saturated heterocycles.